The van der Waals surface area contributed by atoms with Crippen LogP contribution >= 0.6 is 0 Å². The number of hydrogen-bond acceptors (Lipinski definition) is 3. The van der Waals surface area contributed by atoms with Crippen LogP contribution < -0.4 is 4.72 Å². The molecule has 0 aliphatic carbocycles. The van der Waals surface area contributed by atoms with Gasteiger partial charge in [-0.15, -0.1) is 0 Å². The number of nitrogens with one attached hydrogen (secondary N) is 1. The molecule has 8 heteroatoms. The van der Waals surface area contributed by atoms with Gasteiger partial charge in [-0.25, -0.2) is 21.9 Å². The van der Waals surface area contributed by atoms with Gasteiger partial charge in [0, 0.05) is 17.8 Å². The van der Waals surface area contributed by atoms with Crippen LogP contribution in [-0.2, 0) is 23.1 Å². The zero-order chi connectivity index (χ0) is 19.6. The van der Waals surface area contributed by atoms with Crippen LogP contribution in [0.15, 0.2) is 53.4 Å². The van der Waals surface area contributed by atoms with Gasteiger partial charge >= 0.3 is 0 Å². The first-order chi connectivity index (χ1) is 12.8. The normalized spacial score (nSPS) is 11.7. The lowest BCUT2D eigenvalue weighted by Crippen LogP contribution is -2.24. The van der Waals surface area contributed by atoms with Crippen molar-refractivity contribution >= 4 is 10.0 Å². The third kappa shape index (κ3) is 4.23. The molecule has 0 bridgehead atoms. The Hall–Kier alpha value is -2.58. The summed E-state index contributed by atoms with van der Waals surface area (Å²) in [6.45, 7) is 4.25. The summed E-state index contributed by atoms with van der Waals surface area (Å²) in [7, 11) is -3.97. The molecule has 0 aliphatic heterocycles. The fourth-order valence-corrected chi connectivity index (χ4v) is 3.80. The molecule has 0 amide bonds. The Balaban J connectivity index is 1.78. The zero-order valence-corrected chi connectivity index (χ0v) is 15.7. The Morgan fingerprint density at radius 3 is 2.41 bits per heavy atom. The molecule has 142 valence electrons. The Labute approximate surface area is 156 Å². The van der Waals surface area contributed by atoms with E-state index in [1.165, 1.54) is 0 Å². The van der Waals surface area contributed by atoms with Crippen LogP contribution in [0.25, 0.3) is 0 Å². The Bertz CT molecular complexity index is 1060. The highest BCUT2D eigenvalue weighted by atomic mass is 32.2. The lowest BCUT2D eigenvalue weighted by Gasteiger charge is -2.08. The molecule has 0 saturated heterocycles. The maximum Gasteiger partial charge on any atom is 0.240 e. The lowest BCUT2D eigenvalue weighted by molar-refractivity contribution is 0.504. The average Bonchev–Trinajstić information content (AvgIpc) is 2.89. The van der Waals surface area contributed by atoms with E-state index in [0.717, 1.165) is 29.0 Å². The predicted octanol–water partition coefficient (Wildman–Crippen LogP) is 3.30. The Morgan fingerprint density at radius 1 is 1.04 bits per heavy atom. The van der Waals surface area contributed by atoms with Gasteiger partial charge in [0.1, 0.15) is 0 Å². The smallest absolute Gasteiger partial charge is 0.240 e. The van der Waals surface area contributed by atoms with Gasteiger partial charge in [0.2, 0.25) is 10.0 Å². The summed E-state index contributed by atoms with van der Waals surface area (Å²) < 4.78 is 55.3. The summed E-state index contributed by atoms with van der Waals surface area (Å²) in [4.78, 5) is -0.326. The largest absolute Gasteiger partial charge is 0.265 e. The first kappa shape index (κ1) is 19.2. The zero-order valence-electron chi connectivity index (χ0n) is 14.9. The molecule has 1 N–H and O–H groups in total. The van der Waals surface area contributed by atoms with Crippen LogP contribution in [0.4, 0.5) is 8.78 Å². The summed E-state index contributed by atoms with van der Waals surface area (Å²) in [6, 6.07) is 12.3. The van der Waals surface area contributed by atoms with Crippen LogP contribution in [-0.4, -0.2) is 18.2 Å². The third-order valence-electron chi connectivity index (χ3n) is 4.35. The molecule has 3 rings (SSSR count). The van der Waals surface area contributed by atoms with E-state index in [1.807, 2.05) is 41.9 Å². The van der Waals surface area contributed by atoms with Crippen molar-refractivity contribution in [2.75, 3.05) is 0 Å². The molecule has 0 atom stereocenters. The monoisotopic (exact) mass is 391 g/mol. The van der Waals surface area contributed by atoms with Gasteiger partial charge < -0.3 is 0 Å². The van der Waals surface area contributed by atoms with E-state index in [1.54, 1.807) is 6.92 Å². The number of halogens is 2. The molecule has 2 aromatic carbocycles. The second-order valence-electron chi connectivity index (χ2n) is 6.19. The number of aromatic nitrogens is 2. The van der Waals surface area contributed by atoms with Crippen molar-refractivity contribution in [1.82, 2.24) is 14.5 Å². The molecule has 3 aromatic rings. The van der Waals surface area contributed by atoms with E-state index < -0.39 is 21.7 Å². The molecule has 0 radical (unpaired) electrons. The van der Waals surface area contributed by atoms with Crippen molar-refractivity contribution in [3.63, 3.8) is 0 Å². The number of nitrogens with zero attached hydrogens (tertiary/aromatic N) is 2. The maximum absolute atomic E-state index is 13.3. The van der Waals surface area contributed by atoms with Crippen molar-refractivity contribution in [3.8, 4) is 0 Å². The van der Waals surface area contributed by atoms with Crippen molar-refractivity contribution < 1.29 is 17.2 Å². The van der Waals surface area contributed by atoms with E-state index in [9.17, 15) is 17.2 Å². The summed E-state index contributed by atoms with van der Waals surface area (Å²) in [5, 5.41) is 4.48. The number of rotatable bonds is 6. The highest BCUT2D eigenvalue weighted by Gasteiger charge is 2.19. The second-order valence-corrected chi connectivity index (χ2v) is 7.96. The van der Waals surface area contributed by atoms with Crippen LogP contribution in [0.5, 0.6) is 0 Å². The Kier molecular flexibility index (Phi) is 5.38. The molecular weight excluding hydrogens is 372 g/mol. The number of benzene rings is 2. The van der Waals surface area contributed by atoms with Gasteiger partial charge in [0.05, 0.1) is 17.1 Å². The lowest BCUT2D eigenvalue weighted by atomic mass is 10.2. The van der Waals surface area contributed by atoms with E-state index in [0.29, 0.717) is 18.3 Å². The molecule has 1 aromatic heterocycles. The summed E-state index contributed by atoms with van der Waals surface area (Å²) >= 11 is 0. The van der Waals surface area contributed by atoms with Crippen LogP contribution in [0.1, 0.15) is 22.5 Å². The van der Waals surface area contributed by atoms with Gasteiger partial charge in [-0.05, 0) is 37.6 Å². The number of sulfonamides is 1. The van der Waals surface area contributed by atoms with E-state index in [-0.39, 0.29) is 11.4 Å². The molecule has 5 nitrogen and oxygen atoms in total. The van der Waals surface area contributed by atoms with E-state index in [2.05, 4.69) is 9.82 Å². The van der Waals surface area contributed by atoms with Crippen molar-refractivity contribution in [1.29, 1.82) is 0 Å². The summed E-state index contributed by atoms with van der Waals surface area (Å²) in [6.07, 6.45) is 0. The predicted molar refractivity (Wildman–Crippen MR) is 97.6 cm³/mol. The first-order valence-corrected chi connectivity index (χ1v) is 9.78. The van der Waals surface area contributed by atoms with Gasteiger partial charge in [-0.1, -0.05) is 30.3 Å². The highest BCUT2D eigenvalue weighted by Crippen LogP contribution is 2.17. The van der Waals surface area contributed by atoms with Crippen LogP contribution in [0, 0.1) is 25.5 Å². The molecule has 0 aliphatic rings. The van der Waals surface area contributed by atoms with Gasteiger partial charge in [-0.3, -0.25) is 4.68 Å². The summed E-state index contributed by atoms with van der Waals surface area (Å²) in [5.74, 6) is -2.30. The van der Waals surface area contributed by atoms with Crippen LogP contribution in [0.3, 0.4) is 0 Å². The SMILES string of the molecule is Cc1nn(Cc2ccccc2)c(C)c1CNS(=O)(=O)c1ccc(F)c(F)c1. The minimum absolute atomic E-state index is 0.00772. The minimum atomic E-state index is -3.97. The molecule has 1 heterocycles. The van der Waals surface area contributed by atoms with Gasteiger partial charge in [0.15, 0.2) is 11.6 Å². The van der Waals surface area contributed by atoms with E-state index in [4.69, 9.17) is 0 Å². The van der Waals surface area contributed by atoms with Gasteiger partial charge in [0.25, 0.3) is 0 Å². The average molecular weight is 391 g/mol. The standard InChI is InChI=1S/C19H19F2N3O2S/c1-13-17(14(2)24(23-13)12-15-6-4-3-5-7-15)11-22-27(25,26)16-8-9-18(20)19(21)10-16/h3-10,22H,11-12H2,1-2H3. The van der Waals surface area contributed by atoms with Crippen molar-refractivity contribution in [2.45, 2.75) is 31.8 Å². The number of hydrogen-bond donors (Lipinski definition) is 1. The fourth-order valence-electron chi connectivity index (χ4n) is 2.79. The second kappa shape index (κ2) is 7.58. The molecule has 27 heavy (non-hydrogen) atoms. The molecule has 0 fully saturated rings. The topological polar surface area (TPSA) is 64.0 Å². The first-order valence-electron chi connectivity index (χ1n) is 8.29. The molecular formula is C19H19F2N3O2S. The van der Waals surface area contributed by atoms with E-state index >= 15 is 0 Å². The number of aryl methyl sites for hydroxylation is 1. The van der Waals surface area contributed by atoms with Crippen molar-refractivity contribution in [3.05, 3.63) is 82.7 Å². The molecule has 0 spiro atoms. The van der Waals surface area contributed by atoms with Gasteiger partial charge in [-0.2, -0.15) is 5.10 Å². The Morgan fingerprint density at radius 2 is 1.74 bits per heavy atom. The minimum Gasteiger partial charge on any atom is -0.265 e. The van der Waals surface area contributed by atoms with Crippen LogP contribution in [0.2, 0.25) is 0 Å². The van der Waals surface area contributed by atoms with Crippen molar-refractivity contribution in [2.24, 2.45) is 0 Å². The maximum atomic E-state index is 13.3. The highest BCUT2D eigenvalue weighted by molar-refractivity contribution is 7.89. The molecule has 0 unspecified atom stereocenters. The molecule has 0 saturated carbocycles. The fraction of sp³-hybridized carbons (Fsp3) is 0.211. The quantitative estimate of drug-likeness (QED) is 0.701. The summed E-state index contributed by atoms with van der Waals surface area (Å²) in [5.41, 5.74) is 3.37. The third-order valence-corrected chi connectivity index (χ3v) is 5.75.